The van der Waals surface area contributed by atoms with Gasteiger partial charge in [-0.3, -0.25) is 19.4 Å². The van der Waals surface area contributed by atoms with Crippen LogP contribution in [0.15, 0.2) is 65.7 Å². The zero-order valence-electron chi connectivity index (χ0n) is 28.9. The Labute approximate surface area is 288 Å². The van der Waals surface area contributed by atoms with Crippen LogP contribution in [0.4, 0.5) is 4.79 Å². The topological polar surface area (TPSA) is 230 Å². The molecule has 0 saturated carbocycles. The number of alkyl carbamates (subject to hydrolysis) is 1. The van der Waals surface area contributed by atoms with Crippen LogP contribution in [-0.2, 0) is 32.1 Å². The van der Waals surface area contributed by atoms with Gasteiger partial charge >= 0.3 is 6.09 Å². The summed E-state index contributed by atoms with van der Waals surface area (Å²) in [6.45, 7) is 7.02. The van der Waals surface area contributed by atoms with Gasteiger partial charge in [0.1, 0.15) is 18.7 Å². The highest BCUT2D eigenvalue weighted by molar-refractivity contribution is 5.92. The zero-order valence-corrected chi connectivity index (χ0v) is 28.9. The molecule has 0 aliphatic carbocycles. The number of hydrogen-bond acceptors (Lipinski definition) is 8. The van der Waals surface area contributed by atoms with Crippen molar-refractivity contribution in [2.45, 2.75) is 96.2 Å². The maximum Gasteiger partial charge on any atom is 0.408 e. The second-order valence-corrected chi connectivity index (χ2v) is 12.9. The number of aliphatic hydroxyl groups excluding tert-OH is 1. The summed E-state index contributed by atoms with van der Waals surface area (Å²) in [4.78, 5) is 56.4. The summed E-state index contributed by atoms with van der Waals surface area (Å²) in [5.74, 6) is -2.02. The predicted octanol–water partition coefficient (Wildman–Crippen LogP) is 1.23. The number of guanidine groups is 1. The van der Waals surface area contributed by atoms with Crippen molar-refractivity contribution in [1.82, 2.24) is 21.3 Å². The lowest BCUT2D eigenvalue weighted by Crippen LogP contribution is -2.63. The number of hydrogen-bond donors (Lipinski definition) is 8. The molecular formula is C35H53N7O7. The summed E-state index contributed by atoms with van der Waals surface area (Å²) >= 11 is 0. The molecule has 0 radical (unpaired) electrons. The van der Waals surface area contributed by atoms with Gasteiger partial charge in [-0.2, -0.15) is 0 Å². The molecule has 4 amide bonds. The van der Waals surface area contributed by atoms with Gasteiger partial charge in [-0.15, -0.1) is 0 Å². The van der Waals surface area contributed by atoms with Gasteiger partial charge in [0.25, 0.3) is 0 Å². The van der Waals surface area contributed by atoms with E-state index in [4.69, 9.17) is 16.2 Å². The molecule has 0 aliphatic rings. The van der Waals surface area contributed by atoms with E-state index >= 15 is 0 Å². The molecule has 270 valence electrons. The van der Waals surface area contributed by atoms with Crippen molar-refractivity contribution in [2.75, 3.05) is 13.1 Å². The van der Waals surface area contributed by atoms with Crippen molar-refractivity contribution in [2.24, 2.45) is 22.4 Å². The molecule has 0 bridgehead atoms. The minimum absolute atomic E-state index is 0.0250. The number of amides is 4. The van der Waals surface area contributed by atoms with Crippen molar-refractivity contribution >= 4 is 29.8 Å². The summed E-state index contributed by atoms with van der Waals surface area (Å²) in [6.07, 6.45) is -1.06. The van der Waals surface area contributed by atoms with E-state index in [-0.39, 0.29) is 43.8 Å². The Morgan fingerprint density at radius 3 is 2.08 bits per heavy atom. The molecule has 49 heavy (non-hydrogen) atoms. The van der Waals surface area contributed by atoms with E-state index in [9.17, 15) is 29.4 Å². The Hall–Kier alpha value is -4.69. The van der Waals surface area contributed by atoms with Crippen LogP contribution in [0.3, 0.4) is 0 Å². The van der Waals surface area contributed by atoms with E-state index in [0.29, 0.717) is 25.8 Å². The Balaban J connectivity index is 2.10. The lowest BCUT2D eigenvalue weighted by molar-refractivity contribution is -0.137. The molecule has 0 fully saturated rings. The van der Waals surface area contributed by atoms with Crippen LogP contribution in [0.25, 0.3) is 0 Å². The smallest absolute Gasteiger partial charge is 0.408 e. The number of nitrogens with two attached hydrogens (primary N) is 2. The number of ether oxygens (including phenoxy) is 1. The van der Waals surface area contributed by atoms with Crippen molar-refractivity contribution in [3.8, 4) is 0 Å². The highest BCUT2D eigenvalue weighted by Gasteiger charge is 2.38. The van der Waals surface area contributed by atoms with Crippen molar-refractivity contribution < 1.29 is 34.1 Å². The van der Waals surface area contributed by atoms with Crippen LogP contribution in [-0.4, -0.2) is 82.9 Å². The van der Waals surface area contributed by atoms with Gasteiger partial charge in [0.15, 0.2) is 5.96 Å². The fourth-order valence-corrected chi connectivity index (χ4v) is 4.97. The normalized spacial score (nSPS) is 13.7. The molecular weight excluding hydrogens is 630 g/mol. The number of aliphatic imine (C=N–C) groups is 1. The molecule has 14 nitrogen and oxygen atoms in total. The molecule has 2 rings (SSSR count). The highest BCUT2D eigenvalue weighted by atomic mass is 16.5. The maximum absolute atomic E-state index is 13.6. The number of aliphatic hydroxyl groups is 2. The van der Waals surface area contributed by atoms with E-state index in [1.54, 1.807) is 24.3 Å². The fourth-order valence-electron chi connectivity index (χ4n) is 4.97. The molecule has 0 saturated heterocycles. The SMILES string of the molecule is CC(C)C[C@H](NC(=O)[C@@H](NC(=O)[C@H](CCCN=C(N)N)NC(=O)OCc1ccccc1)C(C)(C)O)[C@@H](O)CC(=O)NCCc1ccccc1. The van der Waals surface area contributed by atoms with Crippen LogP contribution >= 0.6 is 0 Å². The third-order valence-electron chi connectivity index (χ3n) is 7.51. The van der Waals surface area contributed by atoms with Gasteiger partial charge in [0, 0.05) is 13.1 Å². The van der Waals surface area contributed by atoms with Gasteiger partial charge in [-0.1, -0.05) is 74.5 Å². The van der Waals surface area contributed by atoms with E-state index in [1.165, 1.54) is 13.8 Å². The van der Waals surface area contributed by atoms with Gasteiger partial charge in [0.05, 0.1) is 24.2 Å². The standard InChI is InChI=1S/C35H53N7O7/c1-23(2)20-27(28(43)21-29(44)38-19-17-24-12-7-5-8-13-24)40-32(46)30(35(3,4)48)42-31(45)26(16-11-18-39-33(36)37)41-34(47)49-22-25-14-9-6-10-15-25/h5-10,12-15,23,26-28,30,43,48H,11,16-22H2,1-4H3,(H,38,44)(H,40,46)(H,41,47)(H,42,45)(H4,36,37,39)/t26-,27-,28-,30+/m0/s1. The van der Waals surface area contributed by atoms with Crippen molar-refractivity contribution in [3.05, 3.63) is 71.8 Å². The summed E-state index contributed by atoms with van der Waals surface area (Å²) < 4.78 is 5.28. The quantitative estimate of drug-likeness (QED) is 0.0569. The number of nitrogens with one attached hydrogen (secondary N) is 4. The second kappa shape index (κ2) is 20.6. The molecule has 2 aromatic rings. The molecule has 0 heterocycles. The molecule has 0 spiro atoms. The zero-order chi connectivity index (χ0) is 36.4. The first-order chi connectivity index (χ1) is 23.1. The number of carbonyl (C=O) groups is 4. The van der Waals surface area contributed by atoms with Crippen molar-refractivity contribution in [1.29, 1.82) is 0 Å². The molecule has 0 aliphatic heterocycles. The van der Waals surface area contributed by atoms with Gasteiger partial charge in [-0.25, -0.2) is 4.79 Å². The molecule has 2 aromatic carbocycles. The lowest BCUT2D eigenvalue weighted by atomic mass is 9.93. The minimum Gasteiger partial charge on any atom is -0.445 e. The van der Waals surface area contributed by atoms with Crippen LogP contribution < -0.4 is 32.7 Å². The summed E-state index contributed by atoms with van der Waals surface area (Å²) in [5, 5.41) is 32.6. The third kappa shape index (κ3) is 16.3. The molecule has 14 heteroatoms. The maximum atomic E-state index is 13.6. The fraction of sp³-hybridized carbons (Fsp3) is 0.514. The monoisotopic (exact) mass is 683 g/mol. The largest absolute Gasteiger partial charge is 0.445 e. The van der Waals surface area contributed by atoms with Crippen LogP contribution in [0.1, 0.15) is 64.5 Å². The number of rotatable bonds is 20. The number of benzene rings is 2. The average molecular weight is 684 g/mol. The highest BCUT2D eigenvalue weighted by Crippen LogP contribution is 2.15. The van der Waals surface area contributed by atoms with E-state index in [0.717, 1.165) is 11.1 Å². The molecule has 0 aromatic heterocycles. The third-order valence-corrected chi connectivity index (χ3v) is 7.51. The Bertz CT molecular complexity index is 1350. The Morgan fingerprint density at radius 2 is 1.51 bits per heavy atom. The van der Waals surface area contributed by atoms with Crippen LogP contribution in [0.2, 0.25) is 0 Å². The number of carbonyl (C=O) groups excluding carboxylic acids is 4. The first-order valence-electron chi connectivity index (χ1n) is 16.5. The molecule has 4 atom stereocenters. The lowest BCUT2D eigenvalue weighted by Gasteiger charge is -2.33. The van der Waals surface area contributed by atoms with E-state index in [1.807, 2.05) is 50.2 Å². The van der Waals surface area contributed by atoms with Crippen molar-refractivity contribution in [3.63, 3.8) is 0 Å². The molecule has 0 unspecified atom stereocenters. The van der Waals surface area contributed by atoms with Gasteiger partial charge < -0.3 is 47.7 Å². The van der Waals surface area contributed by atoms with E-state index in [2.05, 4.69) is 26.3 Å². The second-order valence-electron chi connectivity index (χ2n) is 12.9. The minimum atomic E-state index is -1.77. The van der Waals surface area contributed by atoms with Crippen LogP contribution in [0, 0.1) is 5.92 Å². The van der Waals surface area contributed by atoms with Crippen LogP contribution in [0.5, 0.6) is 0 Å². The summed E-state index contributed by atoms with van der Waals surface area (Å²) in [6, 6.07) is 15.1. The predicted molar refractivity (Wildman–Crippen MR) is 187 cm³/mol. The van der Waals surface area contributed by atoms with Gasteiger partial charge in [-0.05, 0) is 56.6 Å². The van der Waals surface area contributed by atoms with E-state index < -0.39 is 47.7 Å². The Morgan fingerprint density at radius 1 is 0.898 bits per heavy atom. The van der Waals surface area contributed by atoms with Gasteiger partial charge in [0.2, 0.25) is 17.7 Å². The first kappa shape index (κ1) is 40.5. The number of nitrogens with zero attached hydrogens (tertiary/aromatic N) is 1. The molecule has 10 N–H and O–H groups in total. The summed E-state index contributed by atoms with van der Waals surface area (Å²) in [5.41, 5.74) is 10.8. The average Bonchev–Trinajstić information content (AvgIpc) is 3.03. The summed E-state index contributed by atoms with van der Waals surface area (Å²) in [7, 11) is 0. The first-order valence-corrected chi connectivity index (χ1v) is 16.5. The Kier molecular flexibility index (Phi) is 17.0.